The summed E-state index contributed by atoms with van der Waals surface area (Å²) >= 11 is 0. The van der Waals surface area contributed by atoms with Gasteiger partial charge in [0, 0.05) is 24.0 Å². The van der Waals surface area contributed by atoms with Crippen LogP contribution >= 0.6 is 0 Å². The number of carbonyl (C=O) groups excluding carboxylic acids is 3. The van der Waals surface area contributed by atoms with Crippen LogP contribution in [0.15, 0.2) is 53.6 Å². The van der Waals surface area contributed by atoms with Crippen LogP contribution in [0.3, 0.4) is 0 Å². The predicted octanol–water partition coefficient (Wildman–Crippen LogP) is 2.79. The van der Waals surface area contributed by atoms with Gasteiger partial charge in [0.25, 0.3) is 5.91 Å². The van der Waals surface area contributed by atoms with Crippen LogP contribution in [0.5, 0.6) is 5.75 Å². The van der Waals surface area contributed by atoms with Gasteiger partial charge >= 0.3 is 0 Å². The molecule has 0 aliphatic rings. The Morgan fingerprint density at radius 1 is 0.929 bits per heavy atom. The monoisotopic (exact) mass is 382 g/mol. The highest BCUT2D eigenvalue weighted by molar-refractivity contribution is 6.06. The molecular weight excluding hydrogens is 360 g/mol. The molecular formula is C20H22N4O4. The first-order chi connectivity index (χ1) is 13.4. The van der Waals surface area contributed by atoms with Gasteiger partial charge in [0.15, 0.2) is 0 Å². The van der Waals surface area contributed by atoms with Crippen molar-refractivity contribution in [3.05, 3.63) is 54.1 Å². The Balaban J connectivity index is 1.89. The lowest BCUT2D eigenvalue weighted by molar-refractivity contribution is -0.115. The molecule has 0 aromatic heterocycles. The standard InChI is InChI=1S/C20H22N4O4/c1-13(23-24-20(27)17-6-4-5-7-18(17)28-3)12-19(26)22-16-10-8-15(9-11-16)21-14(2)25/h4-11H,12H2,1-3H3,(H,21,25)(H,22,26)(H,24,27)/b23-13+. The average molecular weight is 382 g/mol. The zero-order valence-electron chi connectivity index (χ0n) is 15.9. The number of nitrogens with one attached hydrogen (secondary N) is 3. The van der Waals surface area contributed by atoms with Gasteiger partial charge in [0.1, 0.15) is 5.75 Å². The first-order valence-electron chi connectivity index (χ1n) is 8.53. The van der Waals surface area contributed by atoms with Crippen LogP contribution in [0.1, 0.15) is 30.6 Å². The number of nitrogens with zero attached hydrogens (tertiary/aromatic N) is 1. The molecule has 0 aliphatic heterocycles. The van der Waals surface area contributed by atoms with E-state index >= 15 is 0 Å². The summed E-state index contributed by atoms with van der Waals surface area (Å²) in [5, 5.41) is 9.33. The summed E-state index contributed by atoms with van der Waals surface area (Å²) in [7, 11) is 1.48. The summed E-state index contributed by atoms with van der Waals surface area (Å²) in [4.78, 5) is 35.3. The van der Waals surface area contributed by atoms with Crippen LogP contribution in [0, 0.1) is 0 Å². The molecule has 0 heterocycles. The Kier molecular flexibility index (Phi) is 7.27. The number of anilines is 2. The van der Waals surface area contributed by atoms with Crippen LogP contribution in [-0.4, -0.2) is 30.5 Å². The molecule has 8 nitrogen and oxygen atoms in total. The fourth-order valence-corrected chi connectivity index (χ4v) is 2.36. The van der Waals surface area contributed by atoms with E-state index in [1.807, 2.05) is 0 Å². The number of hydrogen-bond donors (Lipinski definition) is 3. The molecule has 3 N–H and O–H groups in total. The summed E-state index contributed by atoms with van der Waals surface area (Å²) in [5.74, 6) is -0.432. The van der Waals surface area contributed by atoms with Gasteiger partial charge in [-0.3, -0.25) is 14.4 Å². The van der Waals surface area contributed by atoms with Crippen molar-refractivity contribution in [3.63, 3.8) is 0 Å². The van der Waals surface area contributed by atoms with E-state index in [-0.39, 0.29) is 18.2 Å². The fourth-order valence-electron chi connectivity index (χ4n) is 2.36. The van der Waals surface area contributed by atoms with Crippen molar-refractivity contribution in [1.29, 1.82) is 0 Å². The van der Waals surface area contributed by atoms with Crippen molar-refractivity contribution < 1.29 is 19.1 Å². The molecule has 0 saturated heterocycles. The molecule has 0 saturated carbocycles. The number of carbonyl (C=O) groups is 3. The molecule has 0 fully saturated rings. The molecule has 0 radical (unpaired) electrons. The predicted molar refractivity (Wildman–Crippen MR) is 108 cm³/mol. The molecule has 0 spiro atoms. The van der Waals surface area contributed by atoms with E-state index in [0.29, 0.717) is 28.4 Å². The average Bonchev–Trinajstić information content (AvgIpc) is 2.67. The van der Waals surface area contributed by atoms with Crippen molar-refractivity contribution in [1.82, 2.24) is 5.43 Å². The minimum Gasteiger partial charge on any atom is -0.496 e. The number of hydrogen-bond acceptors (Lipinski definition) is 5. The maximum atomic E-state index is 12.2. The maximum absolute atomic E-state index is 12.2. The lowest BCUT2D eigenvalue weighted by atomic mass is 10.2. The first-order valence-corrected chi connectivity index (χ1v) is 8.53. The Morgan fingerprint density at radius 2 is 1.54 bits per heavy atom. The smallest absolute Gasteiger partial charge is 0.275 e. The topological polar surface area (TPSA) is 109 Å². The number of amides is 3. The zero-order chi connectivity index (χ0) is 20.5. The van der Waals surface area contributed by atoms with E-state index in [2.05, 4.69) is 21.2 Å². The number of benzene rings is 2. The molecule has 2 rings (SSSR count). The maximum Gasteiger partial charge on any atom is 0.275 e. The number of methoxy groups -OCH3 is 1. The molecule has 146 valence electrons. The highest BCUT2D eigenvalue weighted by Gasteiger charge is 2.11. The number of hydrazone groups is 1. The van der Waals surface area contributed by atoms with Crippen LogP contribution in [0.2, 0.25) is 0 Å². The molecule has 8 heteroatoms. The third kappa shape index (κ3) is 6.24. The van der Waals surface area contributed by atoms with E-state index in [1.165, 1.54) is 14.0 Å². The van der Waals surface area contributed by atoms with E-state index < -0.39 is 5.91 Å². The first kappa shape index (κ1) is 20.6. The lowest BCUT2D eigenvalue weighted by Crippen LogP contribution is -2.22. The largest absolute Gasteiger partial charge is 0.496 e. The highest BCUT2D eigenvalue weighted by atomic mass is 16.5. The molecule has 2 aromatic rings. The second kappa shape index (κ2) is 9.86. The van der Waals surface area contributed by atoms with Crippen molar-refractivity contribution >= 4 is 34.8 Å². The van der Waals surface area contributed by atoms with E-state index in [1.54, 1.807) is 55.5 Å². The quantitative estimate of drug-likeness (QED) is 0.505. The van der Waals surface area contributed by atoms with Crippen LogP contribution < -0.4 is 20.8 Å². The summed E-state index contributed by atoms with van der Waals surface area (Å²) in [6, 6.07) is 13.5. The molecule has 0 unspecified atom stereocenters. The van der Waals surface area contributed by atoms with Gasteiger partial charge in [0.05, 0.1) is 19.1 Å². The van der Waals surface area contributed by atoms with E-state index in [9.17, 15) is 14.4 Å². The Morgan fingerprint density at radius 3 is 2.14 bits per heavy atom. The van der Waals surface area contributed by atoms with Gasteiger partial charge < -0.3 is 15.4 Å². The van der Waals surface area contributed by atoms with Crippen molar-refractivity contribution in [2.75, 3.05) is 17.7 Å². The van der Waals surface area contributed by atoms with E-state index in [4.69, 9.17) is 4.74 Å². The normalized spacial score (nSPS) is 10.8. The van der Waals surface area contributed by atoms with Crippen molar-refractivity contribution in [2.24, 2.45) is 5.10 Å². The van der Waals surface area contributed by atoms with Crippen LogP contribution in [0.4, 0.5) is 11.4 Å². The number of ether oxygens (including phenoxy) is 1. The number of rotatable bonds is 7. The molecule has 0 atom stereocenters. The third-order valence-corrected chi connectivity index (χ3v) is 3.61. The summed E-state index contributed by atoms with van der Waals surface area (Å²) < 4.78 is 5.14. The molecule has 28 heavy (non-hydrogen) atoms. The minimum absolute atomic E-state index is 0.0135. The van der Waals surface area contributed by atoms with Gasteiger partial charge in [-0.05, 0) is 43.3 Å². The van der Waals surface area contributed by atoms with Crippen LogP contribution in [-0.2, 0) is 9.59 Å². The Hall–Kier alpha value is -3.68. The molecule has 0 bridgehead atoms. The van der Waals surface area contributed by atoms with Crippen molar-refractivity contribution in [2.45, 2.75) is 20.3 Å². The SMILES string of the molecule is COc1ccccc1C(=O)N/N=C(\C)CC(=O)Nc1ccc(NC(C)=O)cc1. The minimum atomic E-state index is -0.425. The van der Waals surface area contributed by atoms with Gasteiger partial charge in [-0.2, -0.15) is 5.10 Å². The Labute approximate surface area is 163 Å². The van der Waals surface area contributed by atoms with Gasteiger partial charge in [0.2, 0.25) is 11.8 Å². The van der Waals surface area contributed by atoms with E-state index in [0.717, 1.165) is 0 Å². The molecule has 3 amide bonds. The van der Waals surface area contributed by atoms with Crippen molar-refractivity contribution in [3.8, 4) is 5.75 Å². The fraction of sp³-hybridized carbons (Fsp3) is 0.200. The zero-order valence-corrected chi connectivity index (χ0v) is 15.9. The summed E-state index contributed by atoms with van der Waals surface area (Å²) in [6.45, 7) is 3.06. The highest BCUT2D eigenvalue weighted by Crippen LogP contribution is 2.17. The summed E-state index contributed by atoms with van der Waals surface area (Å²) in [6.07, 6.45) is 0.0135. The molecule has 0 aliphatic carbocycles. The summed E-state index contributed by atoms with van der Waals surface area (Å²) in [5.41, 5.74) is 4.44. The van der Waals surface area contributed by atoms with Gasteiger partial charge in [-0.1, -0.05) is 12.1 Å². The second-order valence-electron chi connectivity index (χ2n) is 5.97. The Bertz CT molecular complexity index is 891. The lowest BCUT2D eigenvalue weighted by Gasteiger charge is -2.08. The van der Waals surface area contributed by atoms with Gasteiger partial charge in [-0.15, -0.1) is 0 Å². The van der Waals surface area contributed by atoms with Crippen LogP contribution in [0.25, 0.3) is 0 Å². The van der Waals surface area contributed by atoms with Gasteiger partial charge in [-0.25, -0.2) is 5.43 Å². The number of para-hydroxylation sites is 1. The third-order valence-electron chi connectivity index (χ3n) is 3.61. The molecule has 2 aromatic carbocycles. The second-order valence-corrected chi connectivity index (χ2v) is 5.97.